The number of benzene rings is 2. The van der Waals surface area contributed by atoms with Crippen LogP contribution in [0.25, 0.3) is 0 Å². The van der Waals surface area contributed by atoms with Crippen molar-refractivity contribution in [2.75, 3.05) is 16.8 Å². The smallest absolute Gasteiger partial charge is 0.249 e. The fourth-order valence-corrected chi connectivity index (χ4v) is 3.29. The van der Waals surface area contributed by atoms with Gasteiger partial charge in [0.05, 0.1) is 11.4 Å². The van der Waals surface area contributed by atoms with Gasteiger partial charge < -0.3 is 10.2 Å². The highest BCUT2D eigenvalue weighted by Gasteiger charge is 2.31. The zero-order valence-electron chi connectivity index (χ0n) is 14.8. The van der Waals surface area contributed by atoms with Crippen LogP contribution in [0.5, 0.6) is 0 Å². The lowest BCUT2D eigenvalue weighted by Gasteiger charge is -2.35. The van der Waals surface area contributed by atoms with Crippen molar-refractivity contribution in [2.45, 2.75) is 46.1 Å². The van der Waals surface area contributed by atoms with Crippen molar-refractivity contribution in [3.63, 3.8) is 0 Å². The number of rotatable bonds is 5. The Labute approximate surface area is 144 Å². The van der Waals surface area contributed by atoms with Crippen LogP contribution in [0.3, 0.4) is 0 Å². The Kier molecular flexibility index (Phi) is 4.89. The van der Waals surface area contributed by atoms with Gasteiger partial charge in [0.1, 0.15) is 6.04 Å². The number of nitrogens with one attached hydrogen (secondary N) is 1. The lowest BCUT2D eigenvalue weighted by molar-refractivity contribution is -0.119. The molecule has 1 unspecified atom stereocenters. The normalized spacial score (nSPS) is 16.7. The fraction of sp³-hybridized carbons (Fsp3) is 0.381. The van der Waals surface area contributed by atoms with E-state index >= 15 is 0 Å². The molecule has 0 aliphatic carbocycles. The quantitative estimate of drug-likeness (QED) is 0.880. The summed E-state index contributed by atoms with van der Waals surface area (Å²) in [5, 5.41) is 3.41. The molecule has 0 radical (unpaired) electrons. The standard InChI is InChI=1S/C21H26N2O/c1-4-18-21(24)23(12-8-11-17-9-6-5-7-10-17)20-14-16(3)15(2)13-19(20)22-18/h5-7,9-10,13-14,18,22H,4,8,11-12H2,1-3H3. The summed E-state index contributed by atoms with van der Waals surface area (Å²) in [6, 6.07) is 14.7. The molecule has 0 saturated carbocycles. The highest BCUT2D eigenvalue weighted by molar-refractivity contribution is 6.05. The summed E-state index contributed by atoms with van der Waals surface area (Å²) in [7, 11) is 0. The Hall–Kier alpha value is -2.29. The van der Waals surface area contributed by atoms with Crippen molar-refractivity contribution in [1.29, 1.82) is 0 Å². The Bertz CT molecular complexity index is 724. The molecule has 1 aliphatic heterocycles. The summed E-state index contributed by atoms with van der Waals surface area (Å²) in [5.41, 5.74) is 5.93. The third kappa shape index (κ3) is 3.30. The molecule has 1 aliphatic rings. The molecule has 3 rings (SSSR count). The van der Waals surface area contributed by atoms with Crippen LogP contribution in [-0.4, -0.2) is 18.5 Å². The molecule has 1 atom stereocenters. The molecular weight excluding hydrogens is 296 g/mol. The summed E-state index contributed by atoms with van der Waals surface area (Å²) >= 11 is 0. The number of hydrogen-bond donors (Lipinski definition) is 1. The van der Waals surface area contributed by atoms with Crippen molar-refractivity contribution < 1.29 is 4.79 Å². The zero-order valence-corrected chi connectivity index (χ0v) is 14.8. The third-order valence-electron chi connectivity index (χ3n) is 4.89. The maximum Gasteiger partial charge on any atom is 0.249 e. The Morgan fingerprint density at radius 3 is 2.50 bits per heavy atom. The van der Waals surface area contributed by atoms with Crippen molar-refractivity contribution in [2.24, 2.45) is 0 Å². The summed E-state index contributed by atoms with van der Waals surface area (Å²) in [4.78, 5) is 14.8. The molecule has 1 heterocycles. The van der Waals surface area contributed by atoms with E-state index in [1.165, 1.54) is 16.7 Å². The molecule has 0 bridgehead atoms. The molecule has 3 heteroatoms. The monoisotopic (exact) mass is 322 g/mol. The molecule has 0 fully saturated rings. The molecule has 0 saturated heterocycles. The highest BCUT2D eigenvalue weighted by Crippen LogP contribution is 2.34. The van der Waals surface area contributed by atoms with Gasteiger partial charge in [-0.15, -0.1) is 0 Å². The van der Waals surface area contributed by atoms with Gasteiger partial charge in [-0.25, -0.2) is 0 Å². The van der Waals surface area contributed by atoms with Gasteiger partial charge in [-0.05, 0) is 61.9 Å². The van der Waals surface area contributed by atoms with E-state index in [0.717, 1.165) is 37.2 Å². The Morgan fingerprint density at radius 1 is 1.08 bits per heavy atom. The van der Waals surface area contributed by atoms with Gasteiger partial charge in [-0.3, -0.25) is 4.79 Å². The van der Waals surface area contributed by atoms with Gasteiger partial charge in [0, 0.05) is 6.54 Å². The molecule has 0 aromatic heterocycles. The second-order valence-electron chi connectivity index (χ2n) is 6.64. The number of anilines is 2. The van der Waals surface area contributed by atoms with Gasteiger partial charge in [0.15, 0.2) is 0 Å². The molecule has 2 aromatic rings. The van der Waals surface area contributed by atoms with Crippen molar-refractivity contribution in [3.8, 4) is 0 Å². The predicted octanol–water partition coefficient (Wildman–Crippen LogP) is 4.47. The SMILES string of the molecule is CCC1Nc2cc(C)c(C)cc2N(CCCc2ccccc2)C1=O. The third-order valence-corrected chi connectivity index (χ3v) is 4.89. The van der Waals surface area contributed by atoms with Gasteiger partial charge in [-0.2, -0.15) is 0 Å². The molecule has 2 aromatic carbocycles. The first-order chi connectivity index (χ1) is 11.6. The average molecular weight is 322 g/mol. The van der Waals surface area contributed by atoms with Crippen LogP contribution in [0.2, 0.25) is 0 Å². The molecule has 1 N–H and O–H groups in total. The Morgan fingerprint density at radius 2 is 1.79 bits per heavy atom. The maximum atomic E-state index is 12.8. The lowest BCUT2D eigenvalue weighted by atomic mass is 10.0. The van der Waals surface area contributed by atoms with E-state index in [1.807, 2.05) is 11.0 Å². The average Bonchev–Trinajstić information content (AvgIpc) is 2.59. The summed E-state index contributed by atoms with van der Waals surface area (Å²) in [5.74, 6) is 0.196. The fourth-order valence-electron chi connectivity index (χ4n) is 3.29. The van der Waals surface area contributed by atoms with Crippen LogP contribution in [0.15, 0.2) is 42.5 Å². The summed E-state index contributed by atoms with van der Waals surface area (Å²) in [6.07, 6.45) is 2.77. The van der Waals surface area contributed by atoms with Crippen LogP contribution in [-0.2, 0) is 11.2 Å². The van der Waals surface area contributed by atoms with Crippen molar-refractivity contribution >= 4 is 17.3 Å². The molecule has 126 valence electrons. The van der Waals surface area contributed by atoms with Gasteiger partial charge in [-0.1, -0.05) is 37.3 Å². The predicted molar refractivity (Wildman–Crippen MR) is 101 cm³/mol. The summed E-state index contributed by atoms with van der Waals surface area (Å²) < 4.78 is 0. The van der Waals surface area contributed by atoms with Crippen molar-refractivity contribution in [3.05, 3.63) is 59.2 Å². The highest BCUT2D eigenvalue weighted by atomic mass is 16.2. The minimum absolute atomic E-state index is 0.115. The lowest BCUT2D eigenvalue weighted by Crippen LogP contribution is -2.47. The first kappa shape index (κ1) is 16.6. The molecule has 3 nitrogen and oxygen atoms in total. The van der Waals surface area contributed by atoms with Gasteiger partial charge in [0.2, 0.25) is 5.91 Å². The number of fused-ring (bicyclic) bond motifs is 1. The number of carbonyl (C=O) groups is 1. The van der Waals surface area contributed by atoms with Crippen LogP contribution < -0.4 is 10.2 Å². The number of nitrogens with zero attached hydrogens (tertiary/aromatic N) is 1. The van der Waals surface area contributed by atoms with Crippen LogP contribution in [0.1, 0.15) is 36.5 Å². The minimum atomic E-state index is -0.115. The first-order valence-corrected chi connectivity index (χ1v) is 8.83. The number of hydrogen-bond acceptors (Lipinski definition) is 2. The zero-order chi connectivity index (χ0) is 17.1. The van der Waals surface area contributed by atoms with Gasteiger partial charge in [0.25, 0.3) is 0 Å². The van der Waals surface area contributed by atoms with Crippen LogP contribution >= 0.6 is 0 Å². The van der Waals surface area contributed by atoms with E-state index in [-0.39, 0.29) is 11.9 Å². The summed E-state index contributed by atoms with van der Waals surface area (Å²) in [6.45, 7) is 7.05. The maximum absolute atomic E-state index is 12.8. The molecule has 0 spiro atoms. The van der Waals surface area contributed by atoms with E-state index < -0.39 is 0 Å². The second kappa shape index (κ2) is 7.08. The Balaban J connectivity index is 1.80. The van der Waals surface area contributed by atoms with E-state index in [4.69, 9.17) is 0 Å². The number of amides is 1. The van der Waals surface area contributed by atoms with E-state index in [9.17, 15) is 4.79 Å². The topological polar surface area (TPSA) is 32.3 Å². The van der Waals surface area contributed by atoms with Crippen molar-refractivity contribution in [1.82, 2.24) is 0 Å². The second-order valence-corrected chi connectivity index (χ2v) is 6.64. The molecular formula is C21H26N2O. The minimum Gasteiger partial charge on any atom is -0.372 e. The van der Waals surface area contributed by atoms with E-state index in [1.54, 1.807) is 0 Å². The van der Waals surface area contributed by atoms with E-state index in [2.05, 4.69) is 62.5 Å². The largest absolute Gasteiger partial charge is 0.372 e. The van der Waals surface area contributed by atoms with Gasteiger partial charge >= 0.3 is 0 Å². The number of aryl methyl sites for hydroxylation is 3. The molecule has 24 heavy (non-hydrogen) atoms. The first-order valence-electron chi connectivity index (χ1n) is 8.83. The molecule has 1 amide bonds. The van der Waals surface area contributed by atoms with Crippen LogP contribution in [0.4, 0.5) is 11.4 Å². The van der Waals surface area contributed by atoms with E-state index in [0.29, 0.717) is 0 Å². The van der Waals surface area contributed by atoms with Crippen LogP contribution in [0, 0.1) is 13.8 Å². The number of carbonyl (C=O) groups excluding carboxylic acids is 1.